The van der Waals surface area contributed by atoms with Gasteiger partial charge in [0, 0.05) is 11.0 Å². The molecule has 92 valence electrons. The monoisotopic (exact) mass is 319 g/mol. The van der Waals surface area contributed by atoms with Crippen LogP contribution < -0.4 is 4.31 Å². The predicted molar refractivity (Wildman–Crippen MR) is 66.9 cm³/mol. The molecule has 1 aromatic rings. The fraction of sp³-hybridized carbons (Fsp3) is 0.300. The van der Waals surface area contributed by atoms with Crippen molar-refractivity contribution in [1.82, 2.24) is 0 Å². The second kappa shape index (κ2) is 4.30. The molecule has 1 aromatic carbocycles. The number of carbonyl (C=O) groups is 1. The van der Waals surface area contributed by atoms with Gasteiger partial charge in [-0.1, -0.05) is 0 Å². The Morgan fingerprint density at radius 2 is 2.12 bits per heavy atom. The van der Waals surface area contributed by atoms with E-state index >= 15 is 0 Å². The Morgan fingerprint density at radius 1 is 1.41 bits per heavy atom. The van der Waals surface area contributed by atoms with Gasteiger partial charge in [0.25, 0.3) is 0 Å². The van der Waals surface area contributed by atoms with Gasteiger partial charge in [-0.2, -0.15) is 0 Å². The van der Waals surface area contributed by atoms with Gasteiger partial charge in [0.05, 0.1) is 17.0 Å². The number of hydrogen-bond donors (Lipinski definition) is 1. The molecule has 0 radical (unpaired) electrons. The van der Waals surface area contributed by atoms with Gasteiger partial charge in [-0.05, 0) is 40.5 Å². The maximum absolute atomic E-state index is 11.8. The van der Waals surface area contributed by atoms with Gasteiger partial charge < -0.3 is 5.11 Å². The number of nitrogens with zero attached hydrogens (tertiary/aromatic N) is 1. The van der Waals surface area contributed by atoms with E-state index in [0.29, 0.717) is 23.1 Å². The van der Waals surface area contributed by atoms with Crippen molar-refractivity contribution in [3.8, 4) is 0 Å². The van der Waals surface area contributed by atoms with Gasteiger partial charge in [0.2, 0.25) is 10.0 Å². The third-order valence-electron chi connectivity index (χ3n) is 2.56. The standard InChI is InChI=1S/C10H10BrNO4S/c11-8-3-2-7(10(13)14)6-9(8)12-4-1-5-17(12,15)16/h2-3,6H,1,4-5H2,(H,13,14). The summed E-state index contributed by atoms with van der Waals surface area (Å²) in [6.07, 6.45) is 0.562. The molecule has 0 spiro atoms. The Hall–Kier alpha value is -1.08. The molecule has 1 saturated heterocycles. The average Bonchev–Trinajstić information content (AvgIpc) is 2.58. The van der Waals surface area contributed by atoms with E-state index in [2.05, 4.69) is 15.9 Å². The van der Waals surface area contributed by atoms with Crippen LogP contribution in [0.1, 0.15) is 16.8 Å². The summed E-state index contributed by atoms with van der Waals surface area (Å²) in [6, 6.07) is 4.35. The molecule has 0 aliphatic carbocycles. The lowest BCUT2D eigenvalue weighted by Gasteiger charge is -2.18. The second-order valence-electron chi connectivity index (χ2n) is 3.71. The molecule has 17 heavy (non-hydrogen) atoms. The fourth-order valence-electron chi connectivity index (χ4n) is 1.75. The summed E-state index contributed by atoms with van der Waals surface area (Å²) in [4.78, 5) is 10.9. The molecule has 1 heterocycles. The molecule has 0 bridgehead atoms. The molecular weight excluding hydrogens is 310 g/mol. The van der Waals surface area contributed by atoms with Gasteiger partial charge in [-0.3, -0.25) is 4.31 Å². The highest BCUT2D eigenvalue weighted by atomic mass is 79.9. The molecule has 1 N–H and O–H groups in total. The molecule has 7 heteroatoms. The van der Waals surface area contributed by atoms with Crippen molar-refractivity contribution in [2.45, 2.75) is 6.42 Å². The van der Waals surface area contributed by atoms with Gasteiger partial charge in [-0.15, -0.1) is 0 Å². The van der Waals surface area contributed by atoms with Crippen molar-refractivity contribution in [1.29, 1.82) is 0 Å². The van der Waals surface area contributed by atoms with Crippen LogP contribution in [0.15, 0.2) is 22.7 Å². The van der Waals surface area contributed by atoms with Crippen molar-refractivity contribution >= 4 is 37.6 Å². The third-order valence-corrected chi connectivity index (χ3v) is 5.09. The molecule has 1 fully saturated rings. The largest absolute Gasteiger partial charge is 0.478 e. The number of aromatic carboxylic acids is 1. The van der Waals surface area contributed by atoms with Crippen LogP contribution in [-0.2, 0) is 10.0 Å². The van der Waals surface area contributed by atoms with E-state index < -0.39 is 16.0 Å². The van der Waals surface area contributed by atoms with E-state index in [9.17, 15) is 13.2 Å². The highest BCUT2D eigenvalue weighted by molar-refractivity contribution is 9.10. The number of carboxylic acid groups (broad SMARTS) is 1. The van der Waals surface area contributed by atoms with Crippen molar-refractivity contribution in [2.75, 3.05) is 16.6 Å². The number of halogens is 1. The zero-order valence-corrected chi connectivity index (χ0v) is 11.2. The number of hydrogen-bond acceptors (Lipinski definition) is 3. The van der Waals surface area contributed by atoms with Crippen molar-refractivity contribution in [3.63, 3.8) is 0 Å². The second-order valence-corrected chi connectivity index (χ2v) is 6.58. The average molecular weight is 320 g/mol. The lowest BCUT2D eigenvalue weighted by molar-refractivity contribution is 0.0697. The Balaban J connectivity index is 2.51. The summed E-state index contributed by atoms with van der Waals surface area (Å²) in [7, 11) is -3.29. The zero-order valence-electron chi connectivity index (χ0n) is 8.76. The summed E-state index contributed by atoms with van der Waals surface area (Å²) in [5, 5.41) is 8.89. The van der Waals surface area contributed by atoms with E-state index in [0.717, 1.165) is 0 Å². The highest BCUT2D eigenvalue weighted by Gasteiger charge is 2.30. The first-order valence-electron chi connectivity index (χ1n) is 4.95. The Kier molecular flexibility index (Phi) is 3.13. The van der Waals surface area contributed by atoms with Crippen molar-refractivity contribution in [2.24, 2.45) is 0 Å². The summed E-state index contributed by atoms with van der Waals surface area (Å²) < 4.78 is 25.3. The highest BCUT2D eigenvalue weighted by Crippen LogP contribution is 2.32. The molecule has 0 saturated carbocycles. The van der Waals surface area contributed by atoms with E-state index in [1.165, 1.54) is 16.4 Å². The Bertz CT molecular complexity index is 570. The normalized spacial score (nSPS) is 18.3. The number of sulfonamides is 1. The minimum absolute atomic E-state index is 0.0744. The molecule has 1 aliphatic heterocycles. The number of anilines is 1. The first kappa shape index (κ1) is 12.4. The molecule has 0 amide bonds. The van der Waals surface area contributed by atoms with Crippen LogP contribution in [0.5, 0.6) is 0 Å². The van der Waals surface area contributed by atoms with Gasteiger partial charge in [-0.25, -0.2) is 13.2 Å². The smallest absolute Gasteiger partial charge is 0.335 e. The Labute approximate surface area is 107 Å². The minimum Gasteiger partial charge on any atom is -0.478 e. The number of carboxylic acids is 1. The summed E-state index contributed by atoms with van der Waals surface area (Å²) >= 11 is 3.24. The van der Waals surface area contributed by atoms with E-state index in [1.54, 1.807) is 6.07 Å². The zero-order chi connectivity index (χ0) is 12.6. The van der Waals surface area contributed by atoms with Crippen molar-refractivity contribution in [3.05, 3.63) is 28.2 Å². The summed E-state index contributed by atoms with van der Waals surface area (Å²) in [5.41, 5.74) is 0.465. The molecule has 0 atom stereocenters. The molecule has 5 nitrogen and oxygen atoms in total. The number of benzene rings is 1. The topological polar surface area (TPSA) is 74.7 Å². The summed E-state index contributed by atoms with van der Waals surface area (Å²) in [6.45, 7) is 0.393. The maximum Gasteiger partial charge on any atom is 0.335 e. The van der Waals surface area contributed by atoms with Gasteiger partial charge >= 0.3 is 5.97 Å². The van der Waals surface area contributed by atoms with Crippen LogP contribution in [0.25, 0.3) is 0 Å². The predicted octanol–water partition coefficient (Wildman–Crippen LogP) is 1.69. The molecular formula is C10H10BrNO4S. The fourth-order valence-corrected chi connectivity index (χ4v) is 3.90. The minimum atomic E-state index is -3.29. The van der Waals surface area contributed by atoms with E-state index in [-0.39, 0.29) is 11.3 Å². The first-order chi connectivity index (χ1) is 7.92. The molecule has 2 rings (SSSR count). The molecule has 0 unspecified atom stereocenters. The lowest BCUT2D eigenvalue weighted by atomic mass is 10.2. The van der Waals surface area contributed by atoms with E-state index in [4.69, 9.17) is 5.11 Å². The summed E-state index contributed by atoms with van der Waals surface area (Å²) in [5.74, 6) is -0.966. The first-order valence-corrected chi connectivity index (χ1v) is 7.35. The lowest BCUT2D eigenvalue weighted by Crippen LogP contribution is -2.25. The Morgan fingerprint density at radius 3 is 2.65 bits per heavy atom. The van der Waals surface area contributed by atoms with Crippen LogP contribution in [-0.4, -0.2) is 31.8 Å². The quantitative estimate of drug-likeness (QED) is 0.900. The maximum atomic E-state index is 11.8. The molecule has 0 aromatic heterocycles. The molecule has 1 aliphatic rings. The van der Waals surface area contributed by atoms with E-state index in [1.807, 2.05) is 0 Å². The van der Waals surface area contributed by atoms with Gasteiger partial charge in [0.15, 0.2) is 0 Å². The SMILES string of the molecule is O=C(O)c1ccc(Br)c(N2CCCS2(=O)=O)c1. The van der Waals surface area contributed by atoms with Crippen molar-refractivity contribution < 1.29 is 18.3 Å². The van der Waals surface area contributed by atoms with Crippen LogP contribution in [0.3, 0.4) is 0 Å². The van der Waals surface area contributed by atoms with Crippen LogP contribution in [0, 0.1) is 0 Å². The van der Waals surface area contributed by atoms with Crippen LogP contribution in [0.2, 0.25) is 0 Å². The van der Waals surface area contributed by atoms with Crippen LogP contribution >= 0.6 is 15.9 Å². The third kappa shape index (κ3) is 2.30. The van der Waals surface area contributed by atoms with Crippen LogP contribution in [0.4, 0.5) is 5.69 Å². The van der Waals surface area contributed by atoms with Gasteiger partial charge in [0.1, 0.15) is 0 Å². The number of rotatable bonds is 2.